The van der Waals surface area contributed by atoms with Gasteiger partial charge in [0.2, 0.25) is 0 Å². The minimum atomic E-state index is -0.486. The summed E-state index contributed by atoms with van der Waals surface area (Å²) in [6.45, 7) is 0.809. The standard InChI is InChI=1S/C13H13ClFN3O/c14-9-7-12(15)13(18-8-9)17-5-6-19-11-3-1-10(16)2-4-11/h1-4,7-8H,5-6,16H2,(H,17,18). The Hall–Kier alpha value is -2.01. The van der Waals surface area contributed by atoms with E-state index in [9.17, 15) is 4.39 Å². The molecule has 2 rings (SSSR count). The summed E-state index contributed by atoms with van der Waals surface area (Å²) >= 11 is 5.61. The SMILES string of the molecule is Nc1ccc(OCCNc2ncc(Cl)cc2F)cc1. The molecule has 0 atom stereocenters. The number of pyridine rings is 1. The van der Waals surface area contributed by atoms with Crippen LogP contribution in [0.3, 0.4) is 0 Å². The zero-order valence-corrected chi connectivity index (χ0v) is 10.8. The molecule has 1 heterocycles. The molecule has 0 saturated heterocycles. The Bertz CT molecular complexity index is 548. The number of aromatic nitrogens is 1. The van der Waals surface area contributed by atoms with E-state index in [0.717, 1.165) is 0 Å². The van der Waals surface area contributed by atoms with Crippen molar-refractivity contribution in [2.75, 3.05) is 24.2 Å². The van der Waals surface area contributed by atoms with Gasteiger partial charge in [0, 0.05) is 11.9 Å². The number of rotatable bonds is 5. The van der Waals surface area contributed by atoms with Crippen molar-refractivity contribution in [3.05, 3.63) is 47.4 Å². The second-order valence-corrected chi connectivity index (χ2v) is 4.26. The summed E-state index contributed by atoms with van der Waals surface area (Å²) in [6, 6.07) is 8.26. The van der Waals surface area contributed by atoms with E-state index in [0.29, 0.717) is 24.6 Å². The average molecular weight is 282 g/mol. The number of hydrogen-bond donors (Lipinski definition) is 2. The Balaban J connectivity index is 1.79. The minimum absolute atomic E-state index is 0.158. The first-order chi connectivity index (χ1) is 9.15. The monoisotopic (exact) mass is 281 g/mol. The second kappa shape index (κ2) is 6.24. The Labute approximate surface area is 115 Å². The third-order valence-corrected chi connectivity index (χ3v) is 2.56. The molecule has 0 amide bonds. The van der Waals surface area contributed by atoms with Crippen LogP contribution in [0.1, 0.15) is 0 Å². The summed E-state index contributed by atoms with van der Waals surface area (Å²) in [7, 11) is 0. The molecule has 0 radical (unpaired) electrons. The molecule has 19 heavy (non-hydrogen) atoms. The molecule has 100 valence electrons. The molecule has 6 heteroatoms. The first kappa shape index (κ1) is 13.4. The zero-order valence-electron chi connectivity index (χ0n) is 10.1. The van der Waals surface area contributed by atoms with E-state index in [1.807, 2.05) is 0 Å². The van der Waals surface area contributed by atoms with Gasteiger partial charge in [-0.05, 0) is 30.3 Å². The molecule has 0 fully saturated rings. The Morgan fingerprint density at radius 2 is 2.05 bits per heavy atom. The van der Waals surface area contributed by atoms with Gasteiger partial charge in [-0.1, -0.05) is 11.6 Å². The lowest BCUT2D eigenvalue weighted by Gasteiger charge is -2.08. The lowest BCUT2D eigenvalue weighted by atomic mass is 10.3. The predicted molar refractivity (Wildman–Crippen MR) is 74.0 cm³/mol. The van der Waals surface area contributed by atoms with E-state index in [1.165, 1.54) is 12.3 Å². The zero-order chi connectivity index (χ0) is 13.7. The fraction of sp³-hybridized carbons (Fsp3) is 0.154. The van der Waals surface area contributed by atoms with Crippen molar-refractivity contribution in [1.82, 2.24) is 4.98 Å². The van der Waals surface area contributed by atoms with Gasteiger partial charge in [0.15, 0.2) is 11.6 Å². The molecule has 0 unspecified atom stereocenters. The maximum atomic E-state index is 13.4. The van der Waals surface area contributed by atoms with Crippen LogP contribution in [-0.4, -0.2) is 18.1 Å². The molecule has 3 N–H and O–H groups in total. The van der Waals surface area contributed by atoms with E-state index >= 15 is 0 Å². The van der Waals surface area contributed by atoms with Gasteiger partial charge in [0.1, 0.15) is 12.4 Å². The van der Waals surface area contributed by atoms with Crippen LogP contribution in [-0.2, 0) is 0 Å². The number of anilines is 2. The smallest absolute Gasteiger partial charge is 0.166 e. The van der Waals surface area contributed by atoms with Crippen LogP contribution in [0.15, 0.2) is 36.5 Å². The quantitative estimate of drug-likeness (QED) is 0.653. The molecule has 1 aromatic carbocycles. The van der Waals surface area contributed by atoms with E-state index in [1.54, 1.807) is 24.3 Å². The van der Waals surface area contributed by atoms with E-state index < -0.39 is 5.82 Å². The van der Waals surface area contributed by atoms with Crippen molar-refractivity contribution in [1.29, 1.82) is 0 Å². The summed E-state index contributed by atoms with van der Waals surface area (Å²) in [4.78, 5) is 3.84. The number of hydrogen-bond acceptors (Lipinski definition) is 4. The molecule has 0 aliphatic heterocycles. The van der Waals surface area contributed by atoms with Crippen LogP contribution in [0.25, 0.3) is 0 Å². The van der Waals surface area contributed by atoms with Gasteiger partial charge in [-0.2, -0.15) is 0 Å². The molecule has 0 saturated carbocycles. The fourth-order valence-corrected chi connectivity index (χ4v) is 1.59. The van der Waals surface area contributed by atoms with Crippen molar-refractivity contribution in [2.45, 2.75) is 0 Å². The van der Waals surface area contributed by atoms with Crippen molar-refractivity contribution in [3.63, 3.8) is 0 Å². The summed E-state index contributed by atoms with van der Waals surface area (Å²) in [6.07, 6.45) is 1.38. The van der Waals surface area contributed by atoms with Crippen LogP contribution >= 0.6 is 11.6 Å². The van der Waals surface area contributed by atoms with E-state index in [-0.39, 0.29) is 10.8 Å². The maximum absolute atomic E-state index is 13.4. The predicted octanol–water partition coefficient (Wildman–Crippen LogP) is 2.95. The number of ether oxygens (including phenoxy) is 1. The maximum Gasteiger partial charge on any atom is 0.166 e. The average Bonchev–Trinajstić information content (AvgIpc) is 2.39. The lowest BCUT2D eigenvalue weighted by Crippen LogP contribution is -2.13. The first-order valence-electron chi connectivity index (χ1n) is 5.68. The third-order valence-electron chi connectivity index (χ3n) is 2.35. The van der Waals surface area contributed by atoms with Gasteiger partial charge in [0.05, 0.1) is 11.6 Å². The third kappa shape index (κ3) is 3.99. The topological polar surface area (TPSA) is 60.2 Å². The Morgan fingerprint density at radius 3 is 2.74 bits per heavy atom. The first-order valence-corrected chi connectivity index (χ1v) is 6.06. The second-order valence-electron chi connectivity index (χ2n) is 3.83. The van der Waals surface area contributed by atoms with E-state index in [4.69, 9.17) is 22.1 Å². The number of nitrogens with two attached hydrogens (primary N) is 1. The molecular formula is C13H13ClFN3O. The van der Waals surface area contributed by atoms with Crippen LogP contribution in [0.4, 0.5) is 15.9 Å². The molecule has 0 bridgehead atoms. The van der Waals surface area contributed by atoms with Gasteiger partial charge < -0.3 is 15.8 Å². The van der Waals surface area contributed by atoms with Gasteiger partial charge in [0.25, 0.3) is 0 Å². The summed E-state index contributed by atoms with van der Waals surface area (Å²) in [5.41, 5.74) is 6.24. The molecular weight excluding hydrogens is 269 g/mol. The van der Waals surface area contributed by atoms with Crippen molar-refractivity contribution in [2.24, 2.45) is 0 Å². The van der Waals surface area contributed by atoms with Crippen molar-refractivity contribution >= 4 is 23.1 Å². The van der Waals surface area contributed by atoms with E-state index in [2.05, 4.69) is 10.3 Å². The number of halogens is 2. The Morgan fingerprint density at radius 1 is 1.32 bits per heavy atom. The summed E-state index contributed by atoms with van der Waals surface area (Å²) in [5.74, 6) is 0.380. The number of nitrogens with zero attached hydrogens (tertiary/aromatic N) is 1. The van der Waals surface area contributed by atoms with Gasteiger partial charge in [-0.3, -0.25) is 0 Å². The number of nitrogen functional groups attached to an aromatic ring is 1. The molecule has 1 aromatic heterocycles. The fourth-order valence-electron chi connectivity index (χ4n) is 1.45. The number of nitrogens with one attached hydrogen (secondary N) is 1. The highest BCUT2D eigenvalue weighted by atomic mass is 35.5. The largest absolute Gasteiger partial charge is 0.492 e. The lowest BCUT2D eigenvalue weighted by molar-refractivity contribution is 0.332. The minimum Gasteiger partial charge on any atom is -0.492 e. The summed E-state index contributed by atoms with van der Waals surface area (Å²) < 4.78 is 18.8. The van der Waals surface area contributed by atoms with Crippen molar-refractivity contribution < 1.29 is 9.13 Å². The summed E-state index contributed by atoms with van der Waals surface area (Å²) in [5, 5.41) is 3.09. The number of benzene rings is 1. The van der Waals surface area contributed by atoms with Gasteiger partial charge in [-0.25, -0.2) is 9.37 Å². The van der Waals surface area contributed by atoms with Gasteiger partial charge >= 0.3 is 0 Å². The van der Waals surface area contributed by atoms with Crippen molar-refractivity contribution in [3.8, 4) is 5.75 Å². The molecule has 0 aliphatic carbocycles. The highest BCUT2D eigenvalue weighted by Gasteiger charge is 2.03. The molecule has 0 spiro atoms. The Kier molecular flexibility index (Phi) is 4.41. The molecule has 0 aliphatic rings. The molecule has 4 nitrogen and oxygen atoms in total. The van der Waals surface area contributed by atoms with Crippen LogP contribution < -0.4 is 15.8 Å². The molecule has 2 aromatic rings. The highest BCUT2D eigenvalue weighted by Crippen LogP contribution is 2.15. The van der Waals surface area contributed by atoms with Crippen LogP contribution in [0.2, 0.25) is 5.02 Å². The van der Waals surface area contributed by atoms with Crippen LogP contribution in [0, 0.1) is 5.82 Å². The normalized spacial score (nSPS) is 10.2. The highest BCUT2D eigenvalue weighted by molar-refractivity contribution is 6.30. The van der Waals surface area contributed by atoms with Crippen LogP contribution in [0.5, 0.6) is 5.75 Å². The van der Waals surface area contributed by atoms with Gasteiger partial charge in [-0.15, -0.1) is 0 Å².